The van der Waals surface area contributed by atoms with Crippen LogP contribution < -0.4 is 0 Å². The molecule has 1 atom stereocenters. The molecule has 0 N–H and O–H groups in total. The number of esters is 2. The third-order valence-electron chi connectivity index (χ3n) is 2.16. The molecule has 1 aliphatic heterocycles. The lowest BCUT2D eigenvalue weighted by Crippen LogP contribution is -2.31. The van der Waals surface area contributed by atoms with Gasteiger partial charge >= 0.3 is 17.7 Å². The molecule has 1 aromatic carbocycles. The number of hydrogen-bond donors (Lipinski definition) is 0. The SMILES string of the molecule is CC(=O)OC1(c2ccccc2)C=CC(=O)O1. The molecule has 0 fully saturated rings. The largest absolute Gasteiger partial charge is 0.414 e. The van der Waals surface area contributed by atoms with Crippen molar-refractivity contribution in [3.63, 3.8) is 0 Å². The molecule has 2 rings (SSSR count). The Morgan fingerprint density at radius 3 is 2.50 bits per heavy atom. The molecule has 4 heteroatoms. The van der Waals surface area contributed by atoms with Crippen molar-refractivity contribution >= 4 is 11.9 Å². The van der Waals surface area contributed by atoms with Gasteiger partial charge in [-0.25, -0.2) is 4.79 Å². The van der Waals surface area contributed by atoms with Crippen molar-refractivity contribution in [2.45, 2.75) is 12.7 Å². The van der Waals surface area contributed by atoms with Crippen LogP contribution in [0.2, 0.25) is 0 Å². The van der Waals surface area contributed by atoms with Gasteiger partial charge in [-0.15, -0.1) is 0 Å². The molecule has 16 heavy (non-hydrogen) atoms. The first-order valence-electron chi connectivity index (χ1n) is 4.80. The highest BCUT2D eigenvalue weighted by Crippen LogP contribution is 2.33. The van der Waals surface area contributed by atoms with Gasteiger partial charge in [0.1, 0.15) is 0 Å². The molecule has 82 valence electrons. The Morgan fingerprint density at radius 1 is 1.31 bits per heavy atom. The van der Waals surface area contributed by atoms with E-state index in [9.17, 15) is 9.59 Å². The zero-order chi connectivity index (χ0) is 11.6. The fourth-order valence-corrected chi connectivity index (χ4v) is 1.55. The van der Waals surface area contributed by atoms with Crippen molar-refractivity contribution in [3.8, 4) is 0 Å². The first-order valence-corrected chi connectivity index (χ1v) is 4.80. The van der Waals surface area contributed by atoms with E-state index in [0.29, 0.717) is 5.56 Å². The molecule has 0 bridgehead atoms. The summed E-state index contributed by atoms with van der Waals surface area (Å²) in [6.07, 6.45) is 2.68. The molecule has 1 aliphatic rings. The van der Waals surface area contributed by atoms with Crippen molar-refractivity contribution < 1.29 is 19.1 Å². The highest BCUT2D eigenvalue weighted by Gasteiger charge is 2.41. The summed E-state index contributed by atoms with van der Waals surface area (Å²) < 4.78 is 10.1. The average molecular weight is 218 g/mol. The van der Waals surface area contributed by atoms with Crippen LogP contribution in [0.5, 0.6) is 0 Å². The quantitative estimate of drug-likeness (QED) is 0.706. The summed E-state index contributed by atoms with van der Waals surface area (Å²) in [5, 5.41) is 0. The van der Waals surface area contributed by atoms with Crippen molar-refractivity contribution in [2.24, 2.45) is 0 Å². The van der Waals surface area contributed by atoms with Gasteiger partial charge in [-0.3, -0.25) is 4.79 Å². The molecule has 0 spiro atoms. The standard InChI is InChI=1S/C12H10O4/c1-9(13)15-12(8-7-11(14)16-12)10-5-3-2-4-6-10/h2-8H,1H3. The molecule has 1 unspecified atom stereocenters. The van der Waals surface area contributed by atoms with Gasteiger partial charge in [-0.2, -0.15) is 0 Å². The number of cyclic esters (lactones) is 1. The van der Waals surface area contributed by atoms with Gasteiger partial charge in [0.2, 0.25) is 0 Å². The smallest absolute Gasteiger partial charge is 0.334 e. The summed E-state index contributed by atoms with van der Waals surface area (Å²) in [7, 11) is 0. The van der Waals surface area contributed by atoms with E-state index in [1.54, 1.807) is 24.3 Å². The van der Waals surface area contributed by atoms with Crippen LogP contribution in [0.15, 0.2) is 42.5 Å². The van der Waals surface area contributed by atoms with Crippen LogP contribution in [0.3, 0.4) is 0 Å². The van der Waals surface area contributed by atoms with Crippen LogP contribution in [0.1, 0.15) is 12.5 Å². The maximum Gasteiger partial charge on any atom is 0.334 e. The van der Waals surface area contributed by atoms with E-state index in [0.717, 1.165) is 0 Å². The van der Waals surface area contributed by atoms with Gasteiger partial charge in [0.15, 0.2) is 0 Å². The zero-order valence-corrected chi connectivity index (χ0v) is 8.67. The molecule has 0 aromatic heterocycles. The first kappa shape index (κ1) is 10.4. The number of ether oxygens (including phenoxy) is 2. The van der Waals surface area contributed by atoms with Gasteiger partial charge < -0.3 is 9.47 Å². The molecule has 4 nitrogen and oxygen atoms in total. The number of carbonyl (C=O) groups excluding carboxylic acids is 2. The minimum absolute atomic E-state index is 0.511. The molecule has 0 radical (unpaired) electrons. The predicted molar refractivity (Wildman–Crippen MR) is 55.1 cm³/mol. The van der Waals surface area contributed by atoms with Crippen LogP contribution in [0.25, 0.3) is 0 Å². The second-order valence-corrected chi connectivity index (χ2v) is 3.38. The highest BCUT2D eigenvalue weighted by atomic mass is 16.7. The molecule has 1 heterocycles. The average Bonchev–Trinajstić information content (AvgIpc) is 2.62. The van der Waals surface area contributed by atoms with E-state index in [4.69, 9.17) is 9.47 Å². The van der Waals surface area contributed by atoms with Crippen molar-refractivity contribution in [1.29, 1.82) is 0 Å². The van der Waals surface area contributed by atoms with Crippen LogP contribution >= 0.6 is 0 Å². The van der Waals surface area contributed by atoms with Gasteiger partial charge in [-0.1, -0.05) is 30.3 Å². The van der Waals surface area contributed by atoms with Crippen LogP contribution in [0.4, 0.5) is 0 Å². The molecule has 0 amide bonds. The highest BCUT2D eigenvalue weighted by molar-refractivity contribution is 5.85. The second kappa shape index (κ2) is 3.81. The van der Waals surface area contributed by atoms with Crippen molar-refractivity contribution in [3.05, 3.63) is 48.0 Å². The Hall–Kier alpha value is -2.10. The second-order valence-electron chi connectivity index (χ2n) is 3.38. The van der Waals surface area contributed by atoms with E-state index < -0.39 is 17.7 Å². The molecule has 1 aromatic rings. The maximum atomic E-state index is 11.1. The Morgan fingerprint density at radius 2 is 2.00 bits per heavy atom. The minimum atomic E-state index is -1.40. The predicted octanol–water partition coefficient (Wildman–Crippen LogP) is 1.52. The Kier molecular flexibility index (Phi) is 2.48. The van der Waals surface area contributed by atoms with Gasteiger partial charge in [0.05, 0.1) is 0 Å². The third-order valence-corrected chi connectivity index (χ3v) is 2.16. The van der Waals surface area contributed by atoms with E-state index in [1.807, 2.05) is 6.07 Å². The Labute approximate surface area is 92.5 Å². The van der Waals surface area contributed by atoms with Crippen LogP contribution in [-0.4, -0.2) is 11.9 Å². The molecule has 0 saturated heterocycles. The summed E-state index contributed by atoms with van der Waals surface area (Å²) in [4.78, 5) is 22.2. The maximum absolute atomic E-state index is 11.1. The fraction of sp³-hybridized carbons (Fsp3) is 0.167. The van der Waals surface area contributed by atoms with Crippen LogP contribution in [-0.2, 0) is 24.8 Å². The lowest BCUT2D eigenvalue weighted by molar-refractivity contribution is -0.205. The first-order chi connectivity index (χ1) is 7.62. The monoisotopic (exact) mass is 218 g/mol. The Bertz CT molecular complexity index is 449. The van der Waals surface area contributed by atoms with Gasteiger partial charge in [0.25, 0.3) is 0 Å². The van der Waals surface area contributed by atoms with E-state index >= 15 is 0 Å². The molecule has 0 aliphatic carbocycles. The van der Waals surface area contributed by atoms with Crippen molar-refractivity contribution in [2.75, 3.05) is 0 Å². The number of rotatable bonds is 2. The summed E-state index contributed by atoms with van der Waals surface area (Å²) in [5.74, 6) is -2.43. The van der Waals surface area contributed by atoms with E-state index in [1.165, 1.54) is 19.1 Å². The summed E-state index contributed by atoms with van der Waals surface area (Å²) in [6, 6.07) is 8.84. The summed E-state index contributed by atoms with van der Waals surface area (Å²) >= 11 is 0. The number of carbonyl (C=O) groups is 2. The van der Waals surface area contributed by atoms with E-state index in [2.05, 4.69) is 0 Å². The molecular formula is C12H10O4. The minimum Gasteiger partial charge on any atom is -0.414 e. The Balaban J connectivity index is 2.40. The third kappa shape index (κ3) is 1.82. The fourth-order valence-electron chi connectivity index (χ4n) is 1.55. The lowest BCUT2D eigenvalue weighted by Gasteiger charge is -2.25. The summed E-state index contributed by atoms with van der Waals surface area (Å²) in [6.45, 7) is 1.27. The van der Waals surface area contributed by atoms with E-state index in [-0.39, 0.29) is 0 Å². The lowest BCUT2D eigenvalue weighted by atomic mass is 10.1. The zero-order valence-electron chi connectivity index (χ0n) is 8.67. The van der Waals surface area contributed by atoms with Crippen molar-refractivity contribution in [1.82, 2.24) is 0 Å². The normalized spacial score (nSPS) is 22.9. The topological polar surface area (TPSA) is 52.6 Å². The molecule has 0 saturated carbocycles. The van der Waals surface area contributed by atoms with Gasteiger partial charge in [-0.05, 0) is 0 Å². The van der Waals surface area contributed by atoms with Gasteiger partial charge in [0, 0.05) is 24.6 Å². The summed E-state index contributed by atoms with van der Waals surface area (Å²) in [5.41, 5.74) is 0.604. The molecular weight excluding hydrogens is 208 g/mol. The number of hydrogen-bond acceptors (Lipinski definition) is 4. The van der Waals surface area contributed by atoms with Crippen LogP contribution in [0, 0.1) is 0 Å². The number of benzene rings is 1.